The molecule has 4 aromatic carbocycles. The average molecular weight is 309 g/mol. The van der Waals surface area contributed by atoms with Gasteiger partial charge in [0.25, 0.3) is 0 Å². The van der Waals surface area contributed by atoms with Gasteiger partial charge < -0.3 is 0 Å². The van der Waals surface area contributed by atoms with Crippen molar-refractivity contribution in [3.05, 3.63) is 71.5 Å². The SMILES string of the molecule is Cc1c2ccccc2c(CCl)c2cc(F)c3ccccc3c12. The maximum Gasteiger partial charge on any atom is 0.131 e. The fourth-order valence-corrected chi connectivity index (χ4v) is 3.76. The van der Waals surface area contributed by atoms with Gasteiger partial charge in [0.05, 0.1) is 0 Å². The van der Waals surface area contributed by atoms with Gasteiger partial charge in [-0.2, -0.15) is 0 Å². The Bertz CT molecular complexity index is 1030. The molecule has 2 heteroatoms. The zero-order valence-electron chi connectivity index (χ0n) is 12.2. The Balaban J connectivity index is 2.39. The van der Waals surface area contributed by atoms with Gasteiger partial charge in [-0.3, -0.25) is 0 Å². The highest BCUT2D eigenvalue weighted by Gasteiger charge is 2.15. The maximum absolute atomic E-state index is 14.5. The first kappa shape index (κ1) is 13.5. The molecule has 0 saturated heterocycles. The minimum absolute atomic E-state index is 0.191. The summed E-state index contributed by atoms with van der Waals surface area (Å²) in [5.41, 5.74) is 2.18. The van der Waals surface area contributed by atoms with Crippen LogP contribution in [-0.4, -0.2) is 0 Å². The molecule has 0 amide bonds. The van der Waals surface area contributed by atoms with Crippen LogP contribution in [0.15, 0.2) is 54.6 Å². The molecule has 4 aromatic rings. The van der Waals surface area contributed by atoms with Crippen molar-refractivity contribution >= 4 is 43.9 Å². The van der Waals surface area contributed by atoms with Crippen molar-refractivity contribution in [2.75, 3.05) is 0 Å². The van der Waals surface area contributed by atoms with Gasteiger partial charge in [-0.1, -0.05) is 48.5 Å². The van der Waals surface area contributed by atoms with E-state index in [1.165, 1.54) is 10.9 Å². The summed E-state index contributed by atoms with van der Waals surface area (Å²) in [6, 6.07) is 17.5. The van der Waals surface area contributed by atoms with Gasteiger partial charge in [0, 0.05) is 11.3 Å². The van der Waals surface area contributed by atoms with E-state index in [0.29, 0.717) is 11.3 Å². The van der Waals surface area contributed by atoms with E-state index >= 15 is 0 Å². The molecule has 0 aromatic heterocycles. The van der Waals surface area contributed by atoms with E-state index in [1.54, 1.807) is 6.07 Å². The second kappa shape index (κ2) is 4.96. The summed E-state index contributed by atoms with van der Waals surface area (Å²) < 4.78 is 14.5. The van der Waals surface area contributed by atoms with Gasteiger partial charge in [0.15, 0.2) is 0 Å². The van der Waals surface area contributed by atoms with Crippen LogP contribution in [0.3, 0.4) is 0 Å². The van der Waals surface area contributed by atoms with Gasteiger partial charge in [-0.05, 0) is 51.0 Å². The van der Waals surface area contributed by atoms with E-state index in [1.807, 2.05) is 36.4 Å². The smallest absolute Gasteiger partial charge is 0.131 e. The van der Waals surface area contributed by atoms with E-state index < -0.39 is 0 Å². The first-order valence-electron chi connectivity index (χ1n) is 7.29. The topological polar surface area (TPSA) is 0 Å². The first-order chi connectivity index (χ1) is 10.7. The van der Waals surface area contributed by atoms with Crippen molar-refractivity contribution < 1.29 is 4.39 Å². The Kier molecular flexibility index (Phi) is 3.05. The monoisotopic (exact) mass is 308 g/mol. The van der Waals surface area contributed by atoms with Crippen molar-refractivity contribution in [1.29, 1.82) is 0 Å². The lowest BCUT2D eigenvalue weighted by atomic mass is 9.90. The lowest BCUT2D eigenvalue weighted by molar-refractivity contribution is 0.641. The van der Waals surface area contributed by atoms with Crippen LogP contribution in [0.2, 0.25) is 0 Å². The molecule has 0 saturated carbocycles. The highest BCUT2D eigenvalue weighted by atomic mass is 35.5. The lowest BCUT2D eigenvalue weighted by Crippen LogP contribution is -1.93. The number of halogens is 2. The molecule has 0 fully saturated rings. The van der Waals surface area contributed by atoms with E-state index in [4.69, 9.17) is 11.6 Å². The molecule has 0 heterocycles. The third-order valence-corrected chi connectivity index (χ3v) is 4.75. The van der Waals surface area contributed by atoms with Crippen LogP contribution in [-0.2, 0) is 5.88 Å². The summed E-state index contributed by atoms with van der Waals surface area (Å²) >= 11 is 6.22. The van der Waals surface area contributed by atoms with Crippen LogP contribution in [0, 0.1) is 12.7 Å². The van der Waals surface area contributed by atoms with Crippen LogP contribution in [0.25, 0.3) is 32.3 Å². The van der Waals surface area contributed by atoms with Gasteiger partial charge in [-0.15, -0.1) is 11.6 Å². The van der Waals surface area contributed by atoms with E-state index in [0.717, 1.165) is 27.1 Å². The molecule has 0 radical (unpaired) electrons. The molecular formula is C20H14ClF. The summed E-state index contributed by atoms with van der Waals surface area (Å²) in [6.07, 6.45) is 0. The summed E-state index contributed by atoms with van der Waals surface area (Å²) in [6.45, 7) is 2.10. The van der Waals surface area contributed by atoms with Gasteiger partial charge in [0.1, 0.15) is 5.82 Å². The predicted octanol–water partition coefficient (Wildman–Crippen LogP) is 6.33. The molecule has 0 nitrogen and oxygen atoms in total. The largest absolute Gasteiger partial charge is 0.206 e. The van der Waals surface area contributed by atoms with E-state index in [-0.39, 0.29) is 5.82 Å². The Labute approximate surface area is 133 Å². The molecule has 4 rings (SSSR count). The molecule has 0 bridgehead atoms. The maximum atomic E-state index is 14.5. The predicted molar refractivity (Wildman–Crippen MR) is 93.2 cm³/mol. The number of hydrogen-bond acceptors (Lipinski definition) is 0. The fourth-order valence-electron chi connectivity index (χ4n) is 3.47. The number of fused-ring (bicyclic) bond motifs is 4. The van der Waals surface area contributed by atoms with Crippen LogP contribution in [0.5, 0.6) is 0 Å². The minimum atomic E-state index is -0.191. The van der Waals surface area contributed by atoms with Crippen LogP contribution >= 0.6 is 11.6 Å². The van der Waals surface area contributed by atoms with Crippen LogP contribution in [0.1, 0.15) is 11.1 Å². The average Bonchev–Trinajstić information content (AvgIpc) is 2.55. The quantitative estimate of drug-likeness (QED) is 0.219. The van der Waals surface area contributed by atoms with Gasteiger partial charge in [-0.25, -0.2) is 4.39 Å². The lowest BCUT2D eigenvalue weighted by Gasteiger charge is -2.15. The molecule has 108 valence electrons. The summed E-state index contributed by atoms with van der Waals surface area (Å²) in [7, 11) is 0. The van der Waals surface area contributed by atoms with Crippen molar-refractivity contribution in [3.8, 4) is 0 Å². The number of hydrogen-bond donors (Lipinski definition) is 0. The molecule has 0 aliphatic carbocycles. The first-order valence-corrected chi connectivity index (χ1v) is 7.83. The molecule has 22 heavy (non-hydrogen) atoms. The molecular weight excluding hydrogens is 295 g/mol. The van der Waals surface area contributed by atoms with Crippen molar-refractivity contribution in [3.63, 3.8) is 0 Å². The van der Waals surface area contributed by atoms with Crippen molar-refractivity contribution in [2.45, 2.75) is 12.8 Å². The van der Waals surface area contributed by atoms with Gasteiger partial charge in [0.2, 0.25) is 0 Å². The Morgan fingerprint density at radius 1 is 0.818 bits per heavy atom. The number of benzene rings is 4. The van der Waals surface area contributed by atoms with Crippen LogP contribution < -0.4 is 0 Å². The summed E-state index contributed by atoms with van der Waals surface area (Å²) in [5, 5.41) is 5.93. The molecule has 0 N–H and O–H groups in total. The van der Waals surface area contributed by atoms with E-state index in [2.05, 4.69) is 19.1 Å². The van der Waals surface area contributed by atoms with Crippen molar-refractivity contribution in [1.82, 2.24) is 0 Å². The third-order valence-electron chi connectivity index (χ3n) is 4.48. The Morgan fingerprint density at radius 3 is 2.09 bits per heavy atom. The van der Waals surface area contributed by atoms with E-state index in [9.17, 15) is 4.39 Å². The normalized spacial score (nSPS) is 11.6. The fraction of sp³-hybridized carbons (Fsp3) is 0.100. The zero-order chi connectivity index (χ0) is 15.3. The number of rotatable bonds is 1. The highest BCUT2D eigenvalue weighted by molar-refractivity contribution is 6.22. The molecule has 0 atom stereocenters. The number of alkyl halides is 1. The van der Waals surface area contributed by atoms with Crippen molar-refractivity contribution in [2.24, 2.45) is 0 Å². The third kappa shape index (κ3) is 1.75. The van der Waals surface area contributed by atoms with Gasteiger partial charge >= 0.3 is 0 Å². The molecule has 0 unspecified atom stereocenters. The summed E-state index contributed by atoms with van der Waals surface area (Å²) in [5.74, 6) is 0.180. The minimum Gasteiger partial charge on any atom is -0.206 e. The molecule has 0 spiro atoms. The van der Waals surface area contributed by atoms with Crippen LogP contribution in [0.4, 0.5) is 4.39 Å². The second-order valence-electron chi connectivity index (χ2n) is 5.61. The molecule has 0 aliphatic rings. The molecule has 0 aliphatic heterocycles. The second-order valence-corrected chi connectivity index (χ2v) is 5.88. The standard InChI is InChI=1S/C20H14ClF/c1-12-13-6-2-3-7-14(13)18(11-21)17-10-19(22)15-8-4-5-9-16(15)20(12)17/h2-10H,11H2,1H3. The number of aryl methyl sites for hydroxylation is 1. The summed E-state index contributed by atoms with van der Waals surface area (Å²) in [4.78, 5) is 0. The Hall–Kier alpha value is -2.12. The Morgan fingerprint density at radius 2 is 1.41 bits per heavy atom. The highest BCUT2D eigenvalue weighted by Crippen LogP contribution is 2.38. The zero-order valence-corrected chi connectivity index (χ0v) is 12.9.